The Bertz CT molecular complexity index is 173. The summed E-state index contributed by atoms with van der Waals surface area (Å²) in [4.78, 5) is 2.61. The summed E-state index contributed by atoms with van der Waals surface area (Å²) in [5.41, 5.74) is 0. The van der Waals surface area contributed by atoms with Gasteiger partial charge in [0.25, 0.3) is 0 Å². The van der Waals surface area contributed by atoms with Crippen LogP contribution in [0.2, 0.25) is 0 Å². The number of hydrogen-bond donors (Lipinski definition) is 1. The summed E-state index contributed by atoms with van der Waals surface area (Å²) in [5.74, 6) is 0.984. The molecule has 1 heterocycles. The molecule has 2 rings (SSSR count). The lowest BCUT2D eigenvalue weighted by Crippen LogP contribution is -2.36. The van der Waals surface area contributed by atoms with E-state index in [4.69, 9.17) is 0 Å². The van der Waals surface area contributed by atoms with Crippen LogP contribution in [0.4, 0.5) is 0 Å². The molecule has 0 aromatic carbocycles. The van der Waals surface area contributed by atoms with Gasteiger partial charge in [-0.3, -0.25) is 0 Å². The maximum absolute atomic E-state index is 3.46. The van der Waals surface area contributed by atoms with Gasteiger partial charge in [0.2, 0.25) is 0 Å². The molecule has 16 heavy (non-hydrogen) atoms. The third-order valence-corrected chi connectivity index (χ3v) is 4.18. The topological polar surface area (TPSA) is 15.3 Å². The summed E-state index contributed by atoms with van der Waals surface area (Å²) < 4.78 is 0. The standard InChI is InChI=1S/C13H26N2.ClH/c1-15(13-8-9-14-10-13)11-12-6-4-2-3-5-7-12;/h12-14H,2-11H2,1H3;1H. The molecule has 96 valence electrons. The fourth-order valence-electron chi connectivity index (χ4n) is 3.12. The van der Waals surface area contributed by atoms with Crippen LogP contribution in [0.15, 0.2) is 0 Å². The van der Waals surface area contributed by atoms with Crippen molar-refractivity contribution in [2.75, 3.05) is 26.7 Å². The zero-order valence-corrected chi connectivity index (χ0v) is 11.4. The van der Waals surface area contributed by atoms with Crippen LogP contribution in [-0.4, -0.2) is 37.6 Å². The number of nitrogens with zero attached hydrogens (tertiary/aromatic N) is 1. The lowest BCUT2D eigenvalue weighted by molar-refractivity contribution is 0.207. The van der Waals surface area contributed by atoms with Crippen molar-refractivity contribution in [1.82, 2.24) is 10.2 Å². The highest BCUT2D eigenvalue weighted by Crippen LogP contribution is 2.24. The van der Waals surface area contributed by atoms with Gasteiger partial charge in [-0.15, -0.1) is 12.4 Å². The second-order valence-corrected chi connectivity index (χ2v) is 5.44. The molecule has 2 fully saturated rings. The Hall–Kier alpha value is 0.210. The first-order valence-corrected chi connectivity index (χ1v) is 6.77. The van der Waals surface area contributed by atoms with Crippen molar-refractivity contribution in [1.29, 1.82) is 0 Å². The number of hydrogen-bond acceptors (Lipinski definition) is 2. The van der Waals surface area contributed by atoms with Crippen molar-refractivity contribution < 1.29 is 0 Å². The molecule has 0 spiro atoms. The van der Waals surface area contributed by atoms with E-state index in [9.17, 15) is 0 Å². The van der Waals surface area contributed by atoms with Gasteiger partial charge in [-0.25, -0.2) is 0 Å². The number of likely N-dealkylation sites (N-methyl/N-ethyl adjacent to an activating group) is 1. The predicted octanol–water partition coefficient (Wildman–Crippen LogP) is 2.67. The van der Waals surface area contributed by atoms with Crippen molar-refractivity contribution in [3.05, 3.63) is 0 Å². The first kappa shape index (κ1) is 14.3. The Morgan fingerprint density at radius 2 is 1.75 bits per heavy atom. The van der Waals surface area contributed by atoms with Crippen LogP contribution >= 0.6 is 12.4 Å². The Morgan fingerprint density at radius 1 is 1.06 bits per heavy atom. The molecule has 2 nitrogen and oxygen atoms in total. The first-order valence-electron chi connectivity index (χ1n) is 6.77. The third kappa shape index (κ3) is 4.23. The highest BCUT2D eigenvalue weighted by Gasteiger charge is 2.22. The van der Waals surface area contributed by atoms with Gasteiger partial charge in [-0.1, -0.05) is 25.7 Å². The van der Waals surface area contributed by atoms with Gasteiger partial charge < -0.3 is 10.2 Å². The monoisotopic (exact) mass is 246 g/mol. The summed E-state index contributed by atoms with van der Waals surface area (Å²) in [6.07, 6.45) is 10.2. The van der Waals surface area contributed by atoms with E-state index in [0.717, 1.165) is 12.0 Å². The fraction of sp³-hybridized carbons (Fsp3) is 1.00. The van der Waals surface area contributed by atoms with Gasteiger partial charge in [-0.2, -0.15) is 0 Å². The third-order valence-electron chi connectivity index (χ3n) is 4.18. The normalized spacial score (nSPS) is 27.8. The van der Waals surface area contributed by atoms with Gasteiger partial charge in [0.15, 0.2) is 0 Å². The second-order valence-electron chi connectivity index (χ2n) is 5.44. The van der Waals surface area contributed by atoms with Crippen LogP contribution < -0.4 is 5.32 Å². The zero-order valence-electron chi connectivity index (χ0n) is 10.6. The van der Waals surface area contributed by atoms with Gasteiger partial charge in [-0.05, 0) is 38.8 Å². The molecule has 0 radical (unpaired) electrons. The van der Waals surface area contributed by atoms with E-state index in [1.165, 1.54) is 64.6 Å². The SMILES string of the molecule is CN(CC1CCCCCC1)C1CCNC1.Cl. The molecule has 0 bridgehead atoms. The largest absolute Gasteiger partial charge is 0.315 e. The maximum Gasteiger partial charge on any atom is 0.0229 e. The second kappa shape index (κ2) is 7.52. The van der Waals surface area contributed by atoms with E-state index in [1.807, 2.05) is 0 Å². The average Bonchev–Trinajstić information content (AvgIpc) is 2.65. The minimum absolute atomic E-state index is 0. The average molecular weight is 247 g/mol. The van der Waals surface area contributed by atoms with E-state index < -0.39 is 0 Å². The molecular weight excluding hydrogens is 220 g/mol. The summed E-state index contributed by atoms with van der Waals surface area (Å²) in [6, 6.07) is 0.813. The molecule has 3 heteroatoms. The first-order chi connectivity index (χ1) is 7.36. The minimum Gasteiger partial charge on any atom is -0.315 e. The van der Waals surface area contributed by atoms with Crippen LogP contribution in [0.3, 0.4) is 0 Å². The summed E-state index contributed by atoms with van der Waals surface area (Å²) >= 11 is 0. The van der Waals surface area contributed by atoms with Crippen molar-refractivity contribution in [2.45, 2.75) is 51.0 Å². The van der Waals surface area contributed by atoms with Crippen molar-refractivity contribution >= 4 is 12.4 Å². The highest BCUT2D eigenvalue weighted by atomic mass is 35.5. The van der Waals surface area contributed by atoms with Crippen molar-refractivity contribution in [3.63, 3.8) is 0 Å². The van der Waals surface area contributed by atoms with Crippen molar-refractivity contribution in [3.8, 4) is 0 Å². The molecule has 1 aliphatic heterocycles. The summed E-state index contributed by atoms with van der Waals surface area (Å²) in [6.45, 7) is 3.77. The molecule has 1 saturated heterocycles. The van der Waals surface area contributed by atoms with Crippen LogP contribution in [0, 0.1) is 5.92 Å². The van der Waals surface area contributed by atoms with Gasteiger partial charge >= 0.3 is 0 Å². The van der Waals surface area contributed by atoms with E-state index in [1.54, 1.807) is 0 Å². The minimum atomic E-state index is 0. The Balaban J connectivity index is 0.00000128. The fourth-order valence-corrected chi connectivity index (χ4v) is 3.12. The Kier molecular flexibility index (Phi) is 6.71. The molecule has 1 unspecified atom stereocenters. The van der Waals surface area contributed by atoms with Crippen LogP contribution in [0.25, 0.3) is 0 Å². The van der Waals surface area contributed by atoms with Gasteiger partial charge in [0, 0.05) is 19.1 Å². The zero-order chi connectivity index (χ0) is 10.5. The summed E-state index contributed by atoms with van der Waals surface area (Å²) in [5, 5.41) is 3.46. The lowest BCUT2D eigenvalue weighted by atomic mass is 9.99. The molecule has 2 aliphatic rings. The number of halogens is 1. The van der Waals surface area contributed by atoms with E-state index in [0.29, 0.717) is 0 Å². The molecule has 1 saturated carbocycles. The number of rotatable bonds is 3. The van der Waals surface area contributed by atoms with Crippen LogP contribution in [0.5, 0.6) is 0 Å². The molecule has 1 atom stereocenters. The molecule has 0 amide bonds. The lowest BCUT2D eigenvalue weighted by Gasteiger charge is -2.27. The van der Waals surface area contributed by atoms with Gasteiger partial charge in [0.05, 0.1) is 0 Å². The summed E-state index contributed by atoms with van der Waals surface area (Å²) in [7, 11) is 2.32. The molecule has 1 N–H and O–H groups in total. The molecule has 0 aromatic heterocycles. The van der Waals surface area contributed by atoms with Gasteiger partial charge in [0.1, 0.15) is 0 Å². The van der Waals surface area contributed by atoms with Crippen LogP contribution in [-0.2, 0) is 0 Å². The van der Waals surface area contributed by atoms with E-state index in [-0.39, 0.29) is 12.4 Å². The molecule has 1 aliphatic carbocycles. The Morgan fingerprint density at radius 3 is 2.31 bits per heavy atom. The van der Waals surface area contributed by atoms with E-state index in [2.05, 4.69) is 17.3 Å². The smallest absolute Gasteiger partial charge is 0.0229 e. The molecular formula is C13H27ClN2. The predicted molar refractivity (Wildman–Crippen MR) is 72.3 cm³/mol. The Labute approximate surface area is 107 Å². The van der Waals surface area contributed by atoms with E-state index >= 15 is 0 Å². The van der Waals surface area contributed by atoms with Crippen LogP contribution in [0.1, 0.15) is 44.9 Å². The highest BCUT2D eigenvalue weighted by molar-refractivity contribution is 5.85. The quantitative estimate of drug-likeness (QED) is 0.771. The maximum atomic E-state index is 3.46. The number of nitrogens with one attached hydrogen (secondary N) is 1. The molecule has 0 aromatic rings. The van der Waals surface area contributed by atoms with Crippen molar-refractivity contribution in [2.24, 2.45) is 5.92 Å².